The second kappa shape index (κ2) is 5.18. The number of carbonyl (C=O) groups excluding carboxylic acids is 1. The number of methoxy groups -OCH3 is 1. The molecule has 0 saturated heterocycles. The summed E-state index contributed by atoms with van der Waals surface area (Å²) in [5, 5.41) is 0. The molecule has 2 rings (SSSR count). The number of rotatable bonds is 3. The Bertz CT molecular complexity index is 595. The molecule has 1 heterocycles. The smallest absolute Gasteiger partial charge is 0.273 e. The number of amides is 1. The molecule has 0 saturated carbocycles. The van der Waals surface area contributed by atoms with Crippen molar-refractivity contribution in [2.75, 3.05) is 12.5 Å². The van der Waals surface area contributed by atoms with Gasteiger partial charge < -0.3 is 4.74 Å². The molecule has 0 bridgehead atoms. The molecule has 0 atom stereocenters. The van der Waals surface area contributed by atoms with Crippen LogP contribution in [0.15, 0.2) is 30.3 Å². The lowest BCUT2D eigenvalue weighted by atomic mass is 10.1. The number of hydrogen-bond donors (Lipinski definition) is 1. The maximum atomic E-state index is 12.3. The van der Waals surface area contributed by atoms with E-state index in [4.69, 9.17) is 4.74 Å². The predicted molar refractivity (Wildman–Crippen MR) is 75.3 cm³/mol. The van der Waals surface area contributed by atoms with Gasteiger partial charge in [-0.25, -0.2) is 0 Å². The van der Waals surface area contributed by atoms with Crippen molar-refractivity contribution in [3.63, 3.8) is 0 Å². The maximum absolute atomic E-state index is 12.3. The second-order valence-electron chi connectivity index (χ2n) is 4.60. The average molecular weight is 258 g/mol. The van der Waals surface area contributed by atoms with Crippen molar-refractivity contribution in [3.05, 3.63) is 52.8 Å². The molecule has 1 aromatic carbocycles. The monoisotopic (exact) mass is 258 g/mol. The van der Waals surface area contributed by atoms with Crippen LogP contribution in [0.4, 0.5) is 0 Å². The largest absolute Gasteiger partial charge is 0.496 e. The Balaban J connectivity index is 2.30. The molecule has 1 N–H and O–H groups in total. The van der Waals surface area contributed by atoms with Crippen molar-refractivity contribution in [2.24, 2.45) is 0 Å². The van der Waals surface area contributed by atoms with Crippen LogP contribution in [0.5, 0.6) is 5.75 Å². The van der Waals surface area contributed by atoms with Crippen molar-refractivity contribution in [3.8, 4) is 5.75 Å². The van der Waals surface area contributed by atoms with Crippen LogP contribution in [0.1, 0.15) is 27.3 Å². The first kappa shape index (κ1) is 13.2. The molecule has 0 aliphatic carbocycles. The van der Waals surface area contributed by atoms with Crippen molar-refractivity contribution >= 4 is 5.91 Å². The Morgan fingerprint density at radius 1 is 1.11 bits per heavy atom. The van der Waals surface area contributed by atoms with E-state index in [-0.39, 0.29) is 5.91 Å². The van der Waals surface area contributed by atoms with Crippen molar-refractivity contribution in [2.45, 2.75) is 20.8 Å². The highest BCUT2D eigenvalue weighted by Crippen LogP contribution is 2.20. The minimum atomic E-state index is -0.181. The van der Waals surface area contributed by atoms with Gasteiger partial charge in [-0.3, -0.25) is 14.9 Å². The van der Waals surface area contributed by atoms with E-state index in [1.807, 2.05) is 45.0 Å². The zero-order valence-electron chi connectivity index (χ0n) is 11.7. The molecule has 4 nitrogen and oxygen atoms in total. The molecule has 2 aromatic rings. The Hall–Kier alpha value is -2.23. The standard InChI is InChI=1S/C15H18N2O2/c1-10-5-8-13(14(9-10)19-4)15(18)16-17-11(2)6-7-12(17)3/h5-9H,1-4H3,(H,16,18). The summed E-state index contributed by atoms with van der Waals surface area (Å²) in [4.78, 5) is 12.3. The molecule has 0 unspecified atom stereocenters. The van der Waals surface area contributed by atoms with Crippen LogP contribution in [-0.4, -0.2) is 17.7 Å². The van der Waals surface area contributed by atoms with E-state index in [0.29, 0.717) is 11.3 Å². The number of aryl methyl sites for hydroxylation is 3. The molecule has 0 spiro atoms. The molecule has 4 heteroatoms. The zero-order chi connectivity index (χ0) is 14.0. The summed E-state index contributed by atoms with van der Waals surface area (Å²) < 4.78 is 7.02. The summed E-state index contributed by atoms with van der Waals surface area (Å²) in [6, 6.07) is 9.44. The third kappa shape index (κ3) is 2.62. The first-order valence-corrected chi connectivity index (χ1v) is 6.14. The van der Waals surface area contributed by atoms with Crippen molar-refractivity contribution in [1.29, 1.82) is 0 Å². The van der Waals surface area contributed by atoms with Crippen LogP contribution >= 0.6 is 0 Å². The van der Waals surface area contributed by atoms with E-state index < -0.39 is 0 Å². The SMILES string of the molecule is COc1cc(C)ccc1C(=O)Nn1c(C)ccc1C. The summed E-state index contributed by atoms with van der Waals surface area (Å²) in [5.41, 5.74) is 6.42. The number of ether oxygens (including phenoxy) is 1. The molecule has 0 radical (unpaired) electrons. The van der Waals surface area contributed by atoms with Crippen LogP contribution in [0, 0.1) is 20.8 Å². The lowest BCUT2D eigenvalue weighted by molar-refractivity contribution is 0.100. The molecule has 1 aromatic heterocycles. The van der Waals surface area contributed by atoms with Crippen molar-refractivity contribution in [1.82, 2.24) is 4.68 Å². The highest BCUT2D eigenvalue weighted by Gasteiger charge is 2.13. The van der Waals surface area contributed by atoms with Crippen LogP contribution in [-0.2, 0) is 0 Å². The van der Waals surface area contributed by atoms with Gasteiger partial charge in [0.2, 0.25) is 0 Å². The Labute approximate surface area is 113 Å². The van der Waals surface area contributed by atoms with Gasteiger partial charge >= 0.3 is 0 Å². The number of carbonyl (C=O) groups is 1. The highest BCUT2D eigenvalue weighted by atomic mass is 16.5. The van der Waals surface area contributed by atoms with E-state index in [1.54, 1.807) is 17.9 Å². The fourth-order valence-electron chi connectivity index (χ4n) is 1.99. The molecule has 0 fully saturated rings. The van der Waals surface area contributed by atoms with E-state index >= 15 is 0 Å². The molecule has 0 aliphatic rings. The fraction of sp³-hybridized carbons (Fsp3) is 0.267. The number of nitrogens with zero attached hydrogens (tertiary/aromatic N) is 1. The second-order valence-corrected chi connectivity index (χ2v) is 4.60. The van der Waals surface area contributed by atoms with Gasteiger partial charge in [-0.15, -0.1) is 0 Å². The Kier molecular flexibility index (Phi) is 3.60. The maximum Gasteiger partial charge on any atom is 0.273 e. The summed E-state index contributed by atoms with van der Waals surface area (Å²) in [6.07, 6.45) is 0. The molecule has 0 aliphatic heterocycles. The average Bonchev–Trinajstić information content (AvgIpc) is 2.70. The predicted octanol–water partition coefficient (Wildman–Crippen LogP) is 2.81. The lowest BCUT2D eigenvalue weighted by Crippen LogP contribution is -2.25. The molecular weight excluding hydrogens is 240 g/mol. The number of nitrogens with one attached hydrogen (secondary N) is 1. The van der Waals surface area contributed by atoms with E-state index in [0.717, 1.165) is 17.0 Å². The first-order valence-electron chi connectivity index (χ1n) is 6.14. The number of hydrogen-bond acceptors (Lipinski definition) is 2. The van der Waals surface area contributed by atoms with Gasteiger partial charge in [0.05, 0.1) is 12.7 Å². The minimum absolute atomic E-state index is 0.181. The molecule has 19 heavy (non-hydrogen) atoms. The number of aromatic nitrogens is 1. The summed E-state index contributed by atoms with van der Waals surface area (Å²) in [5.74, 6) is 0.402. The summed E-state index contributed by atoms with van der Waals surface area (Å²) in [6.45, 7) is 5.85. The van der Waals surface area contributed by atoms with Crippen LogP contribution in [0.2, 0.25) is 0 Å². The van der Waals surface area contributed by atoms with Gasteiger partial charge in [-0.2, -0.15) is 0 Å². The normalized spacial score (nSPS) is 10.3. The van der Waals surface area contributed by atoms with E-state index in [9.17, 15) is 4.79 Å². The van der Waals surface area contributed by atoms with Crippen LogP contribution in [0.25, 0.3) is 0 Å². The summed E-state index contributed by atoms with van der Waals surface area (Å²) >= 11 is 0. The van der Waals surface area contributed by atoms with Gasteiger partial charge in [0, 0.05) is 11.4 Å². The Morgan fingerprint density at radius 3 is 2.32 bits per heavy atom. The number of benzene rings is 1. The molecule has 1 amide bonds. The fourth-order valence-corrected chi connectivity index (χ4v) is 1.99. The van der Waals surface area contributed by atoms with Gasteiger partial charge in [-0.05, 0) is 50.6 Å². The third-order valence-electron chi connectivity index (χ3n) is 3.09. The van der Waals surface area contributed by atoms with Crippen LogP contribution < -0.4 is 10.2 Å². The highest BCUT2D eigenvalue weighted by molar-refractivity contribution is 6.02. The van der Waals surface area contributed by atoms with Gasteiger partial charge in [0.25, 0.3) is 5.91 Å². The molecule has 100 valence electrons. The van der Waals surface area contributed by atoms with Crippen LogP contribution in [0.3, 0.4) is 0 Å². The molecular formula is C15H18N2O2. The van der Waals surface area contributed by atoms with E-state index in [1.165, 1.54) is 0 Å². The zero-order valence-corrected chi connectivity index (χ0v) is 11.7. The summed E-state index contributed by atoms with van der Waals surface area (Å²) in [7, 11) is 1.57. The lowest BCUT2D eigenvalue weighted by Gasteiger charge is -2.13. The topological polar surface area (TPSA) is 43.3 Å². The van der Waals surface area contributed by atoms with E-state index in [2.05, 4.69) is 5.43 Å². The van der Waals surface area contributed by atoms with Gasteiger partial charge in [-0.1, -0.05) is 6.07 Å². The minimum Gasteiger partial charge on any atom is -0.496 e. The van der Waals surface area contributed by atoms with Gasteiger partial charge in [0.15, 0.2) is 0 Å². The Morgan fingerprint density at radius 2 is 1.74 bits per heavy atom. The first-order chi connectivity index (χ1) is 9.02. The van der Waals surface area contributed by atoms with Gasteiger partial charge in [0.1, 0.15) is 5.75 Å². The quantitative estimate of drug-likeness (QED) is 0.920. The third-order valence-corrected chi connectivity index (χ3v) is 3.09. The van der Waals surface area contributed by atoms with Crippen molar-refractivity contribution < 1.29 is 9.53 Å².